The van der Waals surface area contributed by atoms with E-state index in [9.17, 15) is 19.7 Å². The van der Waals surface area contributed by atoms with Crippen LogP contribution in [0.1, 0.15) is 44.1 Å². The third kappa shape index (κ3) is 3.94. The molecule has 4 fully saturated rings. The highest BCUT2D eigenvalue weighted by Gasteiger charge is 2.54. The van der Waals surface area contributed by atoms with Crippen LogP contribution in [-0.2, 0) is 17.9 Å². The van der Waals surface area contributed by atoms with Crippen LogP contribution < -0.4 is 5.56 Å². The number of hydrogen-bond donors (Lipinski definition) is 0. The molecule has 1 aromatic heterocycles. The molecule has 1 amide bonds. The van der Waals surface area contributed by atoms with Gasteiger partial charge in [0.2, 0.25) is 5.91 Å². The van der Waals surface area contributed by atoms with Crippen molar-refractivity contribution in [3.05, 3.63) is 73.6 Å². The highest BCUT2D eigenvalue weighted by molar-refractivity contribution is 6.30. The van der Waals surface area contributed by atoms with Crippen LogP contribution in [0, 0.1) is 27.9 Å². The molecule has 0 N–H and O–H groups in total. The predicted octanol–water partition coefficient (Wildman–Crippen LogP) is 4.41. The van der Waals surface area contributed by atoms with Gasteiger partial charge in [0.1, 0.15) is 6.54 Å². The molecule has 4 saturated carbocycles. The van der Waals surface area contributed by atoms with Crippen molar-refractivity contribution >= 4 is 23.2 Å². The Morgan fingerprint density at radius 1 is 1.06 bits per heavy atom. The molecule has 0 saturated heterocycles. The quantitative estimate of drug-likeness (QED) is 0.477. The Bertz CT molecular complexity index is 1080. The topological polar surface area (TPSA) is 85.5 Å². The van der Waals surface area contributed by atoms with Gasteiger partial charge < -0.3 is 4.90 Å². The number of benzene rings is 1. The number of nitrogens with zero attached hydrogens (tertiary/aromatic N) is 3. The van der Waals surface area contributed by atoms with Gasteiger partial charge in [0.05, 0.1) is 11.1 Å². The van der Waals surface area contributed by atoms with Crippen LogP contribution in [0.15, 0.2) is 47.4 Å². The zero-order chi connectivity index (χ0) is 22.5. The number of nitro groups is 1. The van der Waals surface area contributed by atoms with E-state index in [0.717, 1.165) is 35.5 Å². The van der Waals surface area contributed by atoms with Crippen LogP contribution in [0.25, 0.3) is 0 Å². The Hall–Kier alpha value is -2.67. The number of rotatable bonds is 6. The molecule has 1 aromatic carbocycles. The monoisotopic (exact) mass is 455 g/mol. The molecule has 8 heteroatoms. The van der Waals surface area contributed by atoms with Gasteiger partial charge in [-0.25, -0.2) is 0 Å². The van der Waals surface area contributed by atoms with Crippen LogP contribution in [0.5, 0.6) is 0 Å². The SMILES string of the molecule is O=C(Cn1cc([N+](=O)[O-])ccc1=O)N(Cc1ccc(Cl)cc1)C12CC3CC(CC(C3)C1)C2. The third-order valence-corrected chi connectivity index (χ3v) is 7.87. The fraction of sp³-hybridized carbons (Fsp3) is 0.500. The molecule has 0 spiro atoms. The molecule has 0 atom stereocenters. The number of hydrogen-bond acceptors (Lipinski definition) is 4. The van der Waals surface area contributed by atoms with Crippen molar-refractivity contribution in [3.63, 3.8) is 0 Å². The first-order valence-corrected chi connectivity index (χ1v) is 11.6. The molecular weight excluding hydrogens is 430 g/mol. The summed E-state index contributed by atoms with van der Waals surface area (Å²) in [6.45, 7) is 0.252. The minimum absolute atomic E-state index is 0.163. The van der Waals surface area contributed by atoms with Crippen molar-refractivity contribution in [3.8, 4) is 0 Å². The van der Waals surface area contributed by atoms with Crippen molar-refractivity contribution in [2.45, 2.75) is 57.2 Å². The van der Waals surface area contributed by atoms with Crippen molar-refractivity contribution in [2.75, 3.05) is 0 Å². The van der Waals surface area contributed by atoms with Gasteiger partial charge >= 0.3 is 0 Å². The van der Waals surface area contributed by atoms with E-state index in [2.05, 4.69) is 0 Å². The summed E-state index contributed by atoms with van der Waals surface area (Å²) in [5.74, 6) is 1.80. The molecule has 4 bridgehead atoms. The number of pyridine rings is 1. The number of halogens is 1. The fourth-order valence-electron chi connectivity index (χ4n) is 6.67. The Morgan fingerprint density at radius 3 is 2.22 bits per heavy atom. The highest BCUT2D eigenvalue weighted by Crippen LogP contribution is 2.58. The maximum absolute atomic E-state index is 13.7. The number of aromatic nitrogens is 1. The molecule has 4 aliphatic rings. The van der Waals surface area contributed by atoms with Gasteiger partial charge in [-0.05, 0) is 74.0 Å². The summed E-state index contributed by atoms with van der Waals surface area (Å²) in [5, 5.41) is 11.8. The minimum atomic E-state index is -0.551. The van der Waals surface area contributed by atoms with Crippen LogP contribution >= 0.6 is 11.6 Å². The summed E-state index contributed by atoms with van der Waals surface area (Å²) in [7, 11) is 0. The summed E-state index contributed by atoms with van der Waals surface area (Å²) in [5.41, 5.74) is 0.178. The van der Waals surface area contributed by atoms with Crippen molar-refractivity contribution in [1.29, 1.82) is 0 Å². The van der Waals surface area contributed by atoms with Gasteiger partial charge in [-0.3, -0.25) is 24.3 Å². The average molecular weight is 456 g/mol. The lowest BCUT2D eigenvalue weighted by atomic mass is 9.52. The maximum atomic E-state index is 13.7. The molecule has 7 nitrogen and oxygen atoms in total. The molecule has 1 heterocycles. The second kappa shape index (κ2) is 8.03. The van der Waals surface area contributed by atoms with E-state index in [1.54, 1.807) is 0 Å². The van der Waals surface area contributed by atoms with Gasteiger partial charge in [0.25, 0.3) is 11.2 Å². The van der Waals surface area contributed by atoms with Crippen molar-refractivity contribution in [1.82, 2.24) is 9.47 Å². The molecule has 0 radical (unpaired) electrons. The fourth-order valence-corrected chi connectivity index (χ4v) is 6.80. The lowest BCUT2D eigenvalue weighted by molar-refractivity contribution is -0.385. The average Bonchev–Trinajstić information content (AvgIpc) is 2.73. The van der Waals surface area contributed by atoms with Crippen molar-refractivity contribution < 1.29 is 9.72 Å². The van der Waals surface area contributed by atoms with Gasteiger partial charge in [-0.2, -0.15) is 0 Å². The normalized spacial score (nSPS) is 28.0. The third-order valence-electron chi connectivity index (χ3n) is 7.62. The first-order chi connectivity index (χ1) is 15.3. The molecule has 168 valence electrons. The van der Waals surface area contributed by atoms with Crippen LogP contribution in [0.3, 0.4) is 0 Å². The van der Waals surface area contributed by atoms with Gasteiger partial charge in [0.15, 0.2) is 0 Å². The molecule has 6 rings (SSSR count). The predicted molar refractivity (Wildman–Crippen MR) is 120 cm³/mol. The summed E-state index contributed by atoms with van der Waals surface area (Å²) >= 11 is 6.06. The Kier molecular flexibility index (Phi) is 5.32. The smallest absolute Gasteiger partial charge is 0.285 e. The van der Waals surface area contributed by atoms with Gasteiger partial charge in [-0.1, -0.05) is 23.7 Å². The number of carbonyl (C=O) groups excluding carboxylic acids is 1. The Morgan fingerprint density at radius 2 is 1.66 bits per heavy atom. The molecule has 4 aliphatic carbocycles. The lowest BCUT2D eigenvalue weighted by Crippen LogP contribution is -2.61. The first-order valence-electron chi connectivity index (χ1n) is 11.2. The van der Waals surface area contributed by atoms with E-state index in [1.807, 2.05) is 29.2 Å². The highest BCUT2D eigenvalue weighted by atomic mass is 35.5. The maximum Gasteiger partial charge on any atom is 0.285 e. The molecule has 2 aromatic rings. The van der Waals surface area contributed by atoms with Gasteiger partial charge in [0, 0.05) is 29.2 Å². The van der Waals surface area contributed by atoms with E-state index in [1.165, 1.54) is 31.5 Å². The first kappa shape index (κ1) is 21.2. The second-order valence-corrected chi connectivity index (χ2v) is 10.3. The number of carbonyl (C=O) groups is 1. The largest absolute Gasteiger partial charge is 0.331 e. The molecule has 0 unspecified atom stereocenters. The standard InChI is InChI=1S/C24H26ClN3O4/c25-20-3-1-16(2-4-20)13-27(24-10-17-7-18(11-24)9-19(8-17)12-24)23(30)15-26-14-21(28(31)32)5-6-22(26)29/h1-6,14,17-19H,7-13,15H2. The van der Waals surface area contributed by atoms with Crippen LogP contribution in [0.2, 0.25) is 5.02 Å². The summed E-state index contributed by atoms with van der Waals surface area (Å²) < 4.78 is 1.16. The zero-order valence-corrected chi connectivity index (χ0v) is 18.5. The van der Waals surface area contributed by atoms with E-state index in [4.69, 9.17) is 11.6 Å². The number of amides is 1. The molecular formula is C24H26ClN3O4. The van der Waals surface area contributed by atoms with E-state index < -0.39 is 10.5 Å². The summed E-state index contributed by atoms with van der Waals surface area (Å²) in [4.78, 5) is 38.6. The van der Waals surface area contributed by atoms with Crippen LogP contribution in [-0.4, -0.2) is 25.8 Å². The van der Waals surface area contributed by atoms with E-state index >= 15 is 0 Å². The summed E-state index contributed by atoms with van der Waals surface area (Å²) in [6, 6.07) is 9.84. The molecule has 0 aliphatic heterocycles. The minimum Gasteiger partial charge on any atom is -0.331 e. The summed E-state index contributed by atoms with van der Waals surface area (Å²) in [6.07, 6.45) is 7.94. The second-order valence-electron chi connectivity index (χ2n) is 9.86. The Balaban J connectivity index is 1.48. The van der Waals surface area contributed by atoms with Crippen LogP contribution in [0.4, 0.5) is 5.69 Å². The van der Waals surface area contributed by atoms with E-state index in [0.29, 0.717) is 29.3 Å². The van der Waals surface area contributed by atoms with Gasteiger partial charge in [-0.15, -0.1) is 0 Å². The lowest BCUT2D eigenvalue weighted by Gasteiger charge is -2.60. The Labute approximate surface area is 191 Å². The van der Waals surface area contributed by atoms with Crippen molar-refractivity contribution in [2.24, 2.45) is 17.8 Å². The molecule has 32 heavy (non-hydrogen) atoms. The van der Waals surface area contributed by atoms with E-state index in [-0.39, 0.29) is 23.7 Å². The zero-order valence-electron chi connectivity index (χ0n) is 17.8.